The number of halogens is 1. The van der Waals surface area contributed by atoms with Crippen molar-refractivity contribution >= 4 is 22.6 Å². The highest BCUT2D eigenvalue weighted by Gasteiger charge is 2.33. The molecule has 1 unspecified atom stereocenters. The zero-order chi connectivity index (χ0) is 14.0. The zero-order valence-electron chi connectivity index (χ0n) is 11.8. The average molecular weight is 282 g/mol. The summed E-state index contributed by atoms with van der Waals surface area (Å²) in [6.45, 7) is 6.75. The highest BCUT2D eigenvalue weighted by atomic mass is 35.5. The monoisotopic (exact) mass is 281 g/mol. The summed E-state index contributed by atoms with van der Waals surface area (Å²) in [4.78, 5) is 0. The van der Waals surface area contributed by atoms with Crippen molar-refractivity contribution in [3.63, 3.8) is 0 Å². The standard InChI is InChI=1S/C15H20ClNO2/c1-5-18-15(2,3)14(17-4)12-9-10-7-6-8-11(16)13(10)19-12/h6-9,14,17H,5H2,1-4H3. The molecule has 104 valence electrons. The van der Waals surface area contributed by atoms with E-state index < -0.39 is 0 Å². The van der Waals surface area contributed by atoms with Gasteiger partial charge in [-0.25, -0.2) is 0 Å². The molecule has 0 bridgehead atoms. The van der Waals surface area contributed by atoms with Crippen molar-refractivity contribution < 1.29 is 9.15 Å². The predicted molar refractivity (Wildman–Crippen MR) is 78.7 cm³/mol. The smallest absolute Gasteiger partial charge is 0.152 e. The lowest BCUT2D eigenvalue weighted by Crippen LogP contribution is -2.39. The molecule has 0 aliphatic heterocycles. The van der Waals surface area contributed by atoms with Crippen molar-refractivity contribution in [3.05, 3.63) is 35.0 Å². The molecule has 0 fully saturated rings. The maximum absolute atomic E-state index is 6.15. The largest absolute Gasteiger partial charge is 0.458 e. The van der Waals surface area contributed by atoms with Crippen molar-refractivity contribution in [2.45, 2.75) is 32.4 Å². The predicted octanol–water partition coefficient (Wildman–Crippen LogP) is 4.16. The van der Waals surface area contributed by atoms with Crippen LogP contribution in [0, 0.1) is 0 Å². The summed E-state index contributed by atoms with van der Waals surface area (Å²) in [5.74, 6) is 0.837. The fourth-order valence-corrected chi connectivity index (χ4v) is 2.70. The first kappa shape index (κ1) is 14.4. The Morgan fingerprint density at radius 3 is 2.74 bits per heavy atom. The van der Waals surface area contributed by atoms with Crippen molar-refractivity contribution in [2.75, 3.05) is 13.7 Å². The molecule has 1 aromatic carbocycles. The summed E-state index contributed by atoms with van der Waals surface area (Å²) < 4.78 is 11.7. The molecule has 0 spiro atoms. The molecule has 0 saturated heterocycles. The summed E-state index contributed by atoms with van der Waals surface area (Å²) >= 11 is 6.15. The molecule has 4 heteroatoms. The molecule has 3 nitrogen and oxygen atoms in total. The average Bonchev–Trinajstić information content (AvgIpc) is 2.74. The van der Waals surface area contributed by atoms with Crippen LogP contribution in [0.5, 0.6) is 0 Å². The Labute approximate surface area is 118 Å². The minimum Gasteiger partial charge on any atom is -0.458 e. The number of furan rings is 1. The van der Waals surface area contributed by atoms with Gasteiger partial charge < -0.3 is 14.5 Å². The van der Waals surface area contributed by atoms with Crippen LogP contribution >= 0.6 is 11.6 Å². The number of para-hydroxylation sites is 1. The molecule has 1 heterocycles. The molecule has 19 heavy (non-hydrogen) atoms. The fraction of sp³-hybridized carbons (Fsp3) is 0.467. The van der Waals surface area contributed by atoms with Crippen molar-refractivity contribution in [1.29, 1.82) is 0 Å². The van der Waals surface area contributed by atoms with Gasteiger partial charge in [0.05, 0.1) is 16.7 Å². The van der Waals surface area contributed by atoms with E-state index in [9.17, 15) is 0 Å². The summed E-state index contributed by atoms with van der Waals surface area (Å²) in [5, 5.41) is 4.90. The molecular formula is C15H20ClNO2. The fourth-order valence-electron chi connectivity index (χ4n) is 2.48. The Bertz CT molecular complexity index is 562. The van der Waals surface area contributed by atoms with E-state index in [0.717, 1.165) is 16.7 Å². The van der Waals surface area contributed by atoms with Crippen LogP contribution in [0.3, 0.4) is 0 Å². The number of rotatable bonds is 5. The lowest BCUT2D eigenvalue weighted by atomic mass is 9.96. The molecular weight excluding hydrogens is 262 g/mol. The van der Waals surface area contributed by atoms with Gasteiger partial charge in [-0.15, -0.1) is 0 Å². The van der Waals surface area contributed by atoms with Gasteiger partial charge in [0.2, 0.25) is 0 Å². The van der Waals surface area contributed by atoms with E-state index in [-0.39, 0.29) is 11.6 Å². The maximum atomic E-state index is 6.15. The SMILES string of the molecule is CCOC(C)(C)C(NC)c1cc2cccc(Cl)c2o1. The second-order valence-corrected chi connectivity index (χ2v) is 5.47. The van der Waals surface area contributed by atoms with Gasteiger partial charge in [-0.3, -0.25) is 0 Å². The van der Waals surface area contributed by atoms with E-state index >= 15 is 0 Å². The van der Waals surface area contributed by atoms with Gasteiger partial charge >= 0.3 is 0 Å². The molecule has 2 aromatic rings. The second-order valence-electron chi connectivity index (χ2n) is 5.07. The molecule has 0 aliphatic carbocycles. The van der Waals surface area contributed by atoms with Crippen LogP contribution in [-0.4, -0.2) is 19.3 Å². The van der Waals surface area contributed by atoms with Crippen molar-refractivity contribution in [2.24, 2.45) is 0 Å². The van der Waals surface area contributed by atoms with Crippen LogP contribution in [0.25, 0.3) is 11.0 Å². The highest BCUT2D eigenvalue weighted by Crippen LogP contribution is 2.34. The third-order valence-corrected chi connectivity index (χ3v) is 3.60. The maximum Gasteiger partial charge on any atom is 0.152 e. The van der Waals surface area contributed by atoms with Gasteiger partial charge in [-0.1, -0.05) is 23.7 Å². The first-order valence-corrected chi connectivity index (χ1v) is 6.86. The first-order valence-electron chi connectivity index (χ1n) is 6.48. The molecule has 1 N–H and O–H groups in total. The number of hydrogen-bond acceptors (Lipinski definition) is 3. The Hall–Kier alpha value is -1.03. The van der Waals surface area contributed by atoms with Gasteiger partial charge in [0, 0.05) is 12.0 Å². The molecule has 1 aromatic heterocycles. The zero-order valence-corrected chi connectivity index (χ0v) is 12.5. The van der Waals surface area contributed by atoms with Crippen LogP contribution in [0.2, 0.25) is 5.02 Å². The number of nitrogens with one attached hydrogen (secondary N) is 1. The number of ether oxygens (including phenoxy) is 1. The van der Waals surface area contributed by atoms with Crippen LogP contribution in [-0.2, 0) is 4.74 Å². The Kier molecular flexibility index (Phi) is 4.19. The minimum absolute atomic E-state index is 0.0316. The third kappa shape index (κ3) is 2.78. The number of likely N-dealkylation sites (N-methyl/N-ethyl adjacent to an activating group) is 1. The normalized spacial score (nSPS) is 13.9. The van der Waals surface area contributed by atoms with Gasteiger partial charge in [-0.2, -0.15) is 0 Å². The lowest BCUT2D eigenvalue weighted by Gasteiger charge is -2.32. The number of fused-ring (bicyclic) bond motifs is 1. The van der Waals surface area contributed by atoms with Gasteiger partial charge in [0.1, 0.15) is 5.76 Å². The van der Waals surface area contributed by atoms with Crippen LogP contribution in [0.4, 0.5) is 0 Å². The molecule has 1 atom stereocenters. The second kappa shape index (κ2) is 5.53. The summed E-state index contributed by atoms with van der Waals surface area (Å²) in [6, 6.07) is 7.74. The van der Waals surface area contributed by atoms with Crippen molar-refractivity contribution in [1.82, 2.24) is 5.32 Å². The van der Waals surface area contributed by atoms with E-state index in [4.69, 9.17) is 20.8 Å². The van der Waals surface area contributed by atoms with E-state index in [1.165, 1.54) is 0 Å². The summed E-state index contributed by atoms with van der Waals surface area (Å²) in [5.41, 5.74) is 0.371. The Morgan fingerprint density at radius 2 is 2.16 bits per heavy atom. The molecule has 0 radical (unpaired) electrons. The summed E-state index contributed by atoms with van der Waals surface area (Å²) in [7, 11) is 1.90. The van der Waals surface area contributed by atoms with E-state index in [2.05, 4.69) is 5.32 Å². The van der Waals surface area contributed by atoms with Crippen LogP contribution < -0.4 is 5.32 Å². The molecule has 0 saturated carbocycles. The third-order valence-electron chi connectivity index (χ3n) is 3.30. The molecule has 0 amide bonds. The van der Waals surface area contributed by atoms with Gasteiger partial charge in [0.25, 0.3) is 0 Å². The van der Waals surface area contributed by atoms with Crippen LogP contribution in [0.1, 0.15) is 32.6 Å². The summed E-state index contributed by atoms with van der Waals surface area (Å²) in [6.07, 6.45) is 0. The molecule has 0 aliphatic rings. The number of benzene rings is 1. The van der Waals surface area contributed by atoms with E-state index in [1.54, 1.807) is 0 Å². The van der Waals surface area contributed by atoms with Crippen molar-refractivity contribution in [3.8, 4) is 0 Å². The van der Waals surface area contributed by atoms with E-state index in [1.807, 2.05) is 52.1 Å². The quantitative estimate of drug-likeness (QED) is 0.893. The topological polar surface area (TPSA) is 34.4 Å². The van der Waals surface area contributed by atoms with Crippen LogP contribution in [0.15, 0.2) is 28.7 Å². The minimum atomic E-state index is -0.357. The number of hydrogen-bond donors (Lipinski definition) is 1. The first-order chi connectivity index (χ1) is 8.99. The lowest BCUT2D eigenvalue weighted by molar-refractivity contribution is -0.0418. The molecule has 2 rings (SSSR count). The van der Waals surface area contributed by atoms with Gasteiger partial charge in [0.15, 0.2) is 5.58 Å². The Balaban J connectivity index is 2.44. The Morgan fingerprint density at radius 1 is 1.42 bits per heavy atom. The van der Waals surface area contributed by atoms with Gasteiger partial charge in [-0.05, 0) is 40.0 Å². The van der Waals surface area contributed by atoms with E-state index in [0.29, 0.717) is 11.6 Å². The highest BCUT2D eigenvalue weighted by molar-refractivity contribution is 6.34.